The van der Waals surface area contributed by atoms with Crippen molar-refractivity contribution < 1.29 is 8.42 Å². The summed E-state index contributed by atoms with van der Waals surface area (Å²) in [6.07, 6.45) is 7.90. The van der Waals surface area contributed by atoms with Crippen LogP contribution in [0.15, 0.2) is 24.8 Å². The van der Waals surface area contributed by atoms with Crippen molar-refractivity contribution in [2.24, 2.45) is 5.73 Å². The minimum Gasteiger partial charge on any atom is -0.339 e. The fourth-order valence-corrected chi connectivity index (χ4v) is 2.25. The summed E-state index contributed by atoms with van der Waals surface area (Å²) in [6.45, 7) is 0. The fraction of sp³-hybridized carbons (Fsp3) is 0.364. The Labute approximate surface area is 111 Å². The maximum absolute atomic E-state index is 11.1. The summed E-state index contributed by atoms with van der Waals surface area (Å²) in [5.41, 5.74) is 7.27. The van der Waals surface area contributed by atoms with Crippen LogP contribution in [0.25, 0.3) is 11.4 Å². The molecule has 0 radical (unpaired) electrons. The van der Waals surface area contributed by atoms with Gasteiger partial charge in [-0.05, 0) is 6.42 Å². The summed E-state index contributed by atoms with van der Waals surface area (Å²) >= 11 is 0. The van der Waals surface area contributed by atoms with Crippen LogP contribution in [-0.2, 0) is 9.84 Å². The first-order valence-electron chi connectivity index (χ1n) is 5.70. The summed E-state index contributed by atoms with van der Waals surface area (Å²) in [5.74, 6) is 0.583. The average molecular weight is 281 g/mol. The highest BCUT2D eigenvalue weighted by Gasteiger charge is 2.14. The predicted molar refractivity (Wildman–Crippen MR) is 70.9 cm³/mol. The molecule has 0 aliphatic heterocycles. The standard InChI is InChI=1S/C11H15N5O2S/c1-19(17,18)5-2-8(12)11-15-7-10(16-11)9-6-13-3-4-14-9/h3-4,6-8H,2,5,12H2,1H3,(H,15,16). The van der Waals surface area contributed by atoms with E-state index in [1.807, 2.05) is 0 Å². The van der Waals surface area contributed by atoms with E-state index >= 15 is 0 Å². The Bertz CT molecular complexity index is 638. The van der Waals surface area contributed by atoms with Gasteiger partial charge in [0.2, 0.25) is 0 Å². The molecule has 1 unspecified atom stereocenters. The summed E-state index contributed by atoms with van der Waals surface area (Å²) in [4.78, 5) is 15.3. The van der Waals surface area contributed by atoms with Crippen LogP contribution in [0.4, 0.5) is 0 Å². The Morgan fingerprint density at radius 3 is 2.74 bits per heavy atom. The van der Waals surface area contributed by atoms with Crippen molar-refractivity contribution in [2.45, 2.75) is 12.5 Å². The molecule has 0 aliphatic carbocycles. The van der Waals surface area contributed by atoms with Crippen molar-refractivity contribution in [3.63, 3.8) is 0 Å². The molecule has 2 aromatic heterocycles. The molecule has 8 heteroatoms. The van der Waals surface area contributed by atoms with Gasteiger partial charge in [0.1, 0.15) is 21.4 Å². The number of imidazole rings is 1. The van der Waals surface area contributed by atoms with Crippen molar-refractivity contribution in [1.29, 1.82) is 0 Å². The number of aromatic nitrogens is 4. The van der Waals surface area contributed by atoms with E-state index in [0.717, 1.165) is 0 Å². The summed E-state index contributed by atoms with van der Waals surface area (Å²) < 4.78 is 22.2. The Kier molecular flexibility index (Phi) is 3.91. The third-order valence-corrected chi connectivity index (χ3v) is 3.56. The summed E-state index contributed by atoms with van der Waals surface area (Å²) in [7, 11) is -3.02. The van der Waals surface area contributed by atoms with E-state index in [0.29, 0.717) is 23.6 Å². The lowest BCUT2D eigenvalue weighted by molar-refractivity contribution is 0.588. The second-order valence-corrected chi connectivity index (χ2v) is 6.56. The van der Waals surface area contributed by atoms with E-state index in [4.69, 9.17) is 5.73 Å². The number of nitrogens with two attached hydrogens (primary N) is 1. The quantitative estimate of drug-likeness (QED) is 0.814. The monoisotopic (exact) mass is 281 g/mol. The smallest absolute Gasteiger partial charge is 0.147 e. The topological polar surface area (TPSA) is 115 Å². The normalized spacial score (nSPS) is 13.4. The number of H-pyrrole nitrogens is 1. The molecule has 3 N–H and O–H groups in total. The van der Waals surface area contributed by atoms with E-state index in [1.54, 1.807) is 24.8 Å². The van der Waals surface area contributed by atoms with Gasteiger partial charge in [-0.1, -0.05) is 0 Å². The highest BCUT2D eigenvalue weighted by atomic mass is 32.2. The highest BCUT2D eigenvalue weighted by molar-refractivity contribution is 7.90. The predicted octanol–water partition coefficient (Wildman–Crippen LogP) is 0.301. The Morgan fingerprint density at radius 1 is 1.32 bits per heavy atom. The van der Waals surface area contributed by atoms with Gasteiger partial charge in [0, 0.05) is 18.6 Å². The molecular weight excluding hydrogens is 266 g/mol. The first-order chi connectivity index (χ1) is 8.96. The lowest BCUT2D eigenvalue weighted by Gasteiger charge is -2.07. The van der Waals surface area contributed by atoms with E-state index in [2.05, 4.69) is 19.9 Å². The number of nitrogens with one attached hydrogen (secondary N) is 1. The summed E-state index contributed by atoms with van der Waals surface area (Å²) in [6, 6.07) is -0.444. The Balaban J connectivity index is 2.09. The van der Waals surface area contributed by atoms with Gasteiger partial charge in [-0.3, -0.25) is 9.97 Å². The van der Waals surface area contributed by atoms with Crippen LogP contribution in [0.1, 0.15) is 18.3 Å². The highest BCUT2D eigenvalue weighted by Crippen LogP contribution is 2.17. The molecule has 0 aliphatic rings. The molecule has 0 spiro atoms. The SMILES string of the molecule is CS(=O)(=O)CCC(N)c1ncc(-c2cnccn2)[nH]1. The van der Waals surface area contributed by atoms with E-state index in [9.17, 15) is 8.42 Å². The van der Waals surface area contributed by atoms with Gasteiger partial charge in [0.05, 0.1) is 29.9 Å². The van der Waals surface area contributed by atoms with Crippen LogP contribution < -0.4 is 5.73 Å². The molecular formula is C11H15N5O2S. The molecule has 0 saturated heterocycles. The Morgan fingerprint density at radius 2 is 2.11 bits per heavy atom. The molecule has 0 aromatic carbocycles. The first kappa shape index (κ1) is 13.6. The van der Waals surface area contributed by atoms with Gasteiger partial charge in [0.15, 0.2) is 0 Å². The number of rotatable bonds is 5. The molecule has 0 bridgehead atoms. The van der Waals surface area contributed by atoms with Gasteiger partial charge in [-0.15, -0.1) is 0 Å². The fourth-order valence-electron chi connectivity index (χ4n) is 1.57. The van der Waals surface area contributed by atoms with E-state index < -0.39 is 15.9 Å². The van der Waals surface area contributed by atoms with Crippen molar-refractivity contribution in [3.05, 3.63) is 30.6 Å². The van der Waals surface area contributed by atoms with Crippen LogP contribution in [0.3, 0.4) is 0 Å². The largest absolute Gasteiger partial charge is 0.339 e. The molecule has 0 amide bonds. The van der Waals surface area contributed by atoms with Gasteiger partial charge in [-0.2, -0.15) is 0 Å². The minimum atomic E-state index is -3.02. The number of hydrogen-bond donors (Lipinski definition) is 2. The molecule has 19 heavy (non-hydrogen) atoms. The van der Waals surface area contributed by atoms with Crippen molar-refractivity contribution >= 4 is 9.84 Å². The maximum Gasteiger partial charge on any atom is 0.147 e. The molecule has 0 fully saturated rings. The van der Waals surface area contributed by atoms with E-state index in [1.165, 1.54) is 6.26 Å². The number of aromatic amines is 1. The zero-order valence-corrected chi connectivity index (χ0v) is 11.3. The van der Waals surface area contributed by atoms with Crippen molar-refractivity contribution in [1.82, 2.24) is 19.9 Å². The molecule has 7 nitrogen and oxygen atoms in total. The van der Waals surface area contributed by atoms with Gasteiger partial charge >= 0.3 is 0 Å². The van der Waals surface area contributed by atoms with E-state index in [-0.39, 0.29) is 5.75 Å². The maximum atomic E-state index is 11.1. The average Bonchev–Trinajstić information content (AvgIpc) is 2.86. The molecule has 2 aromatic rings. The molecule has 0 saturated carbocycles. The zero-order valence-electron chi connectivity index (χ0n) is 10.4. The lowest BCUT2D eigenvalue weighted by atomic mass is 10.2. The second kappa shape index (κ2) is 5.45. The first-order valence-corrected chi connectivity index (χ1v) is 7.76. The second-order valence-electron chi connectivity index (χ2n) is 4.30. The molecule has 102 valence electrons. The van der Waals surface area contributed by atoms with Crippen LogP contribution in [0.2, 0.25) is 0 Å². The van der Waals surface area contributed by atoms with Crippen molar-refractivity contribution in [2.75, 3.05) is 12.0 Å². The molecule has 1 atom stereocenters. The lowest BCUT2D eigenvalue weighted by Crippen LogP contribution is -2.16. The van der Waals surface area contributed by atoms with Crippen LogP contribution >= 0.6 is 0 Å². The van der Waals surface area contributed by atoms with Crippen LogP contribution in [0, 0.1) is 0 Å². The number of nitrogens with zero attached hydrogens (tertiary/aromatic N) is 3. The third kappa shape index (κ3) is 3.83. The van der Waals surface area contributed by atoms with Gasteiger partial charge in [0.25, 0.3) is 0 Å². The van der Waals surface area contributed by atoms with Gasteiger partial charge in [-0.25, -0.2) is 13.4 Å². The number of hydrogen-bond acceptors (Lipinski definition) is 6. The molecule has 2 heterocycles. The minimum absolute atomic E-state index is 0.0370. The Hall–Kier alpha value is -1.80. The van der Waals surface area contributed by atoms with Crippen LogP contribution in [0.5, 0.6) is 0 Å². The third-order valence-electron chi connectivity index (χ3n) is 2.59. The van der Waals surface area contributed by atoms with Crippen molar-refractivity contribution in [3.8, 4) is 11.4 Å². The zero-order chi connectivity index (χ0) is 13.9. The van der Waals surface area contributed by atoms with Gasteiger partial charge < -0.3 is 10.7 Å². The summed E-state index contributed by atoms with van der Waals surface area (Å²) in [5, 5.41) is 0. The van der Waals surface area contributed by atoms with Crippen LogP contribution in [-0.4, -0.2) is 40.4 Å². The number of sulfone groups is 1. The molecule has 2 rings (SSSR count).